The molecule has 3 nitrogen and oxygen atoms in total. The molecule has 0 atom stereocenters. The van der Waals surface area contributed by atoms with E-state index in [2.05, 4.69) is 25.9 Å². The van der Waals surface area contributed by atoms with E-state index >= 15 is 0 Å². The predicted octanol–water partition coefficient (Wildman–Crippen LogP) is 2.63. The van der Waals surface area contributed by atoms with Crippen LogP contribution >= 0.6 is 15.9 Å². The Morgan fingerprint density at radius 3 is 2.53 bits per heavy atom. The highest BCUT2D eigenvalue weighted by molar-refractivity contribution is 9.10. The first-order valence-corrected chi connectivity index (χ1v) is 4.99. The second kappa shape index (κ2) is 3.94. The van der Waals surface area contributed by atoms with Crippen LogP contribution in [0.3, 0.4) is 0 Å². The van der Waals surface area contributed by atoms with E-state index in [4.69, 9.17) is 5.73 Å². The Labute approximate surface area is 94.3 Å². The van der Waals surface area contributed by atoms with Crippen LogP contribution in [0.4, 0.5) is 10.1 Å². The first-order valence-electron chi connectivity index (χ1n) is 4.20. The predicted molar refractivity (Wildman–Crippen MR) is 59.5 cm³/mol. The molecule has 0 aliphatic rings. The average molecular weight is 268 g/mol. The molecule has 0 bridgehead atoms. The van der Waals surface area contributed by atoms with Crippen molar-refractivity contribution in [1.29, 1.82) is 0 Å². The van der Waals surface area contributed by atoms with Gasteiger partial charge in [0.25, 0.3) is 0 Å². The number of nitrogen functional groups attached to an aromatic ring is 1. The lowest BCUT2D eigenvalue weighted by molar-refractivity contribution is 0.628. The summed E-state index contributed by atoms with van der Waals surface area (Å²) < 4.78 is 13.8. The third-order valence-corrected chi connectivity index (χ3v) is 2.53. The van der Waals surface area contributed by atoms with Gasteiger partial charge in [-0.2, -0.15) is 0 Å². The highest BCUT2D eigenvalue weighted by Gasteiger charge is 2.06. The van der Waals surface area contributed by atoms with Gasteiger partial charge in [0.05, 0.1) is 18.1 Å². The van der Waals surface area contributed by atoms with Crippen LogP contribution in [0.2, 0.25) is 0 Å². The summed E-state index contributed by atoms with van der Waals surface area (Å²) in [6.45, 7) is 0. The fourth-order valence-electron chi connectivity index (χ4n) is 1.15. The maximum atomic E-state index is 13.0. The van der Waals surface area contributed by atoms with Crippen molar-refractivity contribution in [1.82, 2.24) is 9.97 Å². The highest BCUT2D eigenvalue weighted by Crippen LogP contribution is 2.26. The quantitative estimate of drug-likeness (QED) is 0.864. The maximum absolute atomic E-state index is 13.0. The summed E-state index contributed by atoms with van der Waals surface area (Å²) in [6.07, 6.45) is 2.97. The van der Waals surface area contributed by atoms with Crippen molar-refractivity contribution in [2.24, 2.45) is 0 Å². The van der Waals surface area contributed by atoms with Gasteiger partial charge in [0.15, 0.2) is 5.82 Å². The SMILES string of the molecule is Nc1cnc(-c2cc(F)ccc2Br)nc1. The summed E-state index contributed by atoms with van der Waals surface area (Å²) in [5.41, 5.74) is 6.55. The van der Waals surface area contributed by atoms with Gasteiger partial charge >= 0.3 is 0 Å². The minimum atomic E-state index is -0.325. The zero-order chi connectivity index (χ0) is 10.8. The van der Waals surface area contributed by atoms with E-state index < -0.39 is 0 Å². The zero-order valence-corrected chi connectivity index (χ0v) is 9.20. The highest BCUT2D eigenvalue weighted by atomic mass is 79.9. The molecule has 2 aromatic rings. The molecule has 76 valence electrons. The molecule has 0 radical (unpaired) electrons. The molecule has 1 heterocycles. The van der Waals surface area contributed by atoms with Crippen LogP contribution in [0.1, 0.15) is 0 Å². The van der Waals surface area contributed by atoms with E-state index in [1.807, 2.05) is 0 Å². The largest absolute Gasteiger partial charge is 0.396 e. The minimum Gasteiger partial charge on any atom is -0.396 e. The minimum absolute atomic E-state index is 0.325. The number of rotatable bonds is 1. The molecule has 0 unspecified atom stereocenters. The van der Waals surface area contributed by atoms with E-state index in [1.54, 1.807) is 6.07 Å². The molecule has 0 fully saturated rings. The van der Waals surface area contributed by atoms with E-state index in [1.165, 1.54) is 24.5 Å². The summed E-state index contributed by atoms with van der Waals surface area (Å²) in [5, 5.41) is 0. The molecule has 0 saturated carbocycles. The fourth-order valence-corrected chi connectivity index (χ4v) is 1.57. The molecular weight excluding hydrogens is 261 g/mol. The van der Waals surface area contributed by atoms with Gasteiger partial charge in [0.1, 0.15) is 5.82 Å². The fraction of sp³-hybridized carbons (Fsp3) is 0. The van der Waals surface area contributed by atoms with Gasteiger partial charge in [-0.3, -0.25) is 0 Å². The number of halogens is 2. The molecule has 15 heavy (non-hydrogen) atoms. The van der Waals surface area contributed by atoms with Crippen molar-refractivity contribution in [3.05, 3.63) is 40.9 Å². The summed E-state index contributed by atoms with van der Waals surface area (Å²) >= 11 is 3.31. The van der Waals surface area contributed by atoms with Gasteiger partial charge in [-0.1, -0.05) is 15.9 Å². The second-order valence-corrected chi connectivity index (χ2v) is 3.82. The third kappa shape index (κ3) is 2.12. The second-order valence-electron chi connectivity index (χ2n) is 2.96. The molecule has 5 heteroatoms. The normalized spacial score (nSPS) is 10.3. The summed E-state index contributed by atoms with van der Waals surface area (Å²) in [4.78, 5) is 8.04. The zero-order valence-electron chi connectivity index (χ0n) is 7.61. The molecule has 2 rings (SSSR count). The molecule has 0 aliphatic carbocycles. The van der Waals surface area contributed by atoms with E-state index in [-0.39, 0.29) is 5.82 Å². The number of benzene rings is 1. The summed E-state index contributed by atoms with van der Waals surface area (Å²) in [7, 11) is 0. The van der Waals surface area contributed by atoms with E-state index in [9.17, 15) is 4.39 Å². The Morgan fingerprint density at radius 1 is 1.20 bits per heavy atom. The Morgan fingerprint density at radius 2 is 1.87 bits per heavy atom. The Bertz CT molecular complexity index is 485. The monoisotopic (exact) mass is 267 g/mol. The van der Waals surface area contributed by atoms with Gasteiger partial charge in [-0.15, -0.1) is 0 Å². The number of nitrogens with zero attached hydrogens (tertiary/aromatic N) is 2. The van der Waals surface area contributed by atoms with Crippen LogP contribution in [-0.4, -0.2) is 9.97 Å². The molecule has 0 amide bonds. The number of aromatic nitrogens is 2. The molecular formula is C10H7BrFN3. The molecule has 0 aliphatic heterocycles. The first kappa shape index (κ1) is 10.0. The van der Waals surface area contributed by atoms with Crippen molar-refractivity contribution < 1.29 is 4.39 Å². The van der Waals surface area contributed by atoms with Gasteiger partial charge in [0.2, 0.25) is 0 Å². The topological polar surface area (TPSA) is 51.8 Å². The maximum Gasteiger partial charge on any atom is 0.160 e. The van der Waals surface area contributed by atoms with Crippen LogP contribution in [-0.2, 0) is 0 Å². The van der Waals surface area contributed by atoms with Gasteiger partial charge < -0.3 is 5.73 Å². The van der Waals surface area contributed by atoms with Crippen LogP contribution in [0.5, 0.6) is 0 Å². The number of anilines is 1. The van der Waals surface area contributed by atoms with Crippen molar-refractivity contribution in [2.45, 2.75) is 0 Å². The van der Waals surface area contributed by atoms with Crippen molar-refractivity contribution in [2.75, 3.05) is 5.73 Å². The number of hydrogen-bond donors (Lipinski definition) is 1. The summed E-state index contributed by atoms with van der Waals surface area (Å²) in [5.74, 6) is 0.115. The Hall–Kier alpha value is -1.49. The van der Waals surface area contributed by atoms with E-state index in [0.717, 1.165) is 4.47 Å². The van der Waals surface area contributed by atoms with Crippen molar-refractivity contribution >= 4 is 21.6 Å². The number of hydrogen-bond acceptors (Lipinski definition) is 3. The Balaban J connectivity index is 2.53. The van der Waals surface area contributed by atoms with Crippen LogP contribution < -0.4 is 5.73 Å². The first-order chi connectivity index (χ1) is 7.16. The Kier molecular flexibility index (Phi) is 2.64. The standard InChI is InChI=1S/C10H7BrFN3/c11-9-2-1-6(12)3-8(9)10-14-4-7(13)5-15-10/h1-5H,13H2. The third-order valence-electron chi connectivity index (χ3n) is 1.84. The van der Waals surface area contributed by atoms with Gasteiger partial charge in [-0.25, -0.2) is 14.4 Å². The van der Waals surface area contributed by atoms with Crippen LogP contribution in [0, 0.1) is 5.82 Å². The average Bonchev–Trinajstić information content (AvgIpc) is 2.23. The molecule has 0 spiro atoms. The van der Waals surface area contributed by atoms with Crippen LogP contribution in [0.15, 0.2) is 35.1 Å². The van der Waals surface area contributed by atoms with Crippen molar-refractivity contribution in [3.8, 4) is 11.4 Å². The molecule has 1 aromatic heterocycles. The van der Waals surface area contributed by atoms with Gasteiger partial charge in [-0.05, 0) is 18.2 Å². The smallest absolute Gasteiger partial charge is 0.160 e. The van der Waals surface area contributed by atoms with Gasteiger partial charge in [0, 0.05) is 10.0 Å². The number of nitrogens with two attached hydrogens (primary N) is 1. The molecule has 2 N–H and O–H groups in total. The molecule has 1 aromatic carbocycles. The molecule has 0 saturated heterocycles. The lowest BCUT2D eigenvalue weighted by Crippen LogP contribution is -1.93. The lowest BCUT2D eigenvalue weighted by Gasteiger charge is -2.02. The van der Waals surface area contributed by atoms with Crippen molar-refractivity contribution in [3.63, 3.8) is 0 Å². The summed E-state index contributed by atoms with van der Waals surface area (Å²) in [6, 6.07) is 4.35. The van der Waals surface area contributed by atoms with E-state index in [0.29, 0.717) is 17.1 Å². The van der Waals surface area contributed by atoms with Crippen LogP contribution in [0.25, 0.3) is 11.4 Å². The lowest BCUT2D eigenvalue weighted by atomic mass is 10.2.